The number of benzene rings is 1. The molecule has 0 amide bonds. The smallest absolute Gasteiger partial charge is 0.337 e. The predicted molar refractivity (Wildman–Crippen MR) is 65.3 cm³/mol. The minimum atomic E-state index is -3.45. The van der Waals surface area contributed by atoms with E-state index in [0.717, 1.165) is 0 Å². The lowest BCUT2D eigenvalue weighted by atomic mass is 10.2. The molecule has 0 radical (unpaired) electrons. The van der Waals surface area contributed by atoms with E-state index in [4.69, 9.17) is 5.11 Å². The molecule has 6 heteroatoms. The Morgan fingerprint density at radius 3 is 2.35 bits per heavy atom. The van der Waals surface area contributed by atoms with Gasteiger partial charge in [0.25, 0.3) is 0 Å². The number of hydrogen-bond acceptors (Lipinski definition) is 4. The van der Waals surface area contributed by atoms with Crippen LogP contribution >= 0.6 is 0 Å². The van der Waals surface area contributed by atoms with Gasteiger partial charge in [-0.1, -0.05) is 0 Å². The first-order valence-electron chi connectivity index (χ1n) is 5.09. The van der Waals surface area contributed by atoms with E-state index in [-0.39, 0.29) is 10.5 Å². The molecular formula is C11H15NO4S. The van der Waals surface area contributed by atoms with Crippen LogP contribution < -0.4 is 5.32 Å². The van der Waals surface area contributed by atoms with Crippen LogP contribution in [0.5, 0.6) is 0 Å². The third-order valence-corrected chi connectivity index (χ3v) is 4.59. The number of nitrogens with one attached hydrogen (secondary N) is 1. The van der Waals surface area contributed by atoms with Crippen LogP contribution in [0.2, 0.25) is 0 Å². The fourth-order valence-corrected chi connectivity index (χ4v) is 2.45. The van der Waals surface area contributed by atoms with Gasteiger partial charge < -0.3 is 10.4 Å². The second-order valence-corrected chi connectivity index (χ2v) is 6.36. The summed E-state index contributed by atoms with van der Waals surface area (Å²) in [4.78, 5) is 11.0. The highest BCUT2D eigenvalue weighted by Gasteiger charge is 2.21. The molecule has 1 aromatic carbocycles. The average Bonchev–Trinajstić information content (AvgIpc) is 2.27. The molecule has 0 saturated carbocycles. The zero-order chi connectivity index (χ0) is 13.2. The summed E-state index contributed by atoms with van der Waals surface area (Å²) in [5.74, 6) is -1.16. The highest BCUT2D eigenvalue weighted by atomic mass is 32.2. The number of sulfone groups is 1. The van der Waals surface area contributed by atoms with Gasteiger partial charge in [-0.3, -0.25) is 0 Å². The van der Waals surface area contributed by atoms with E-state index in [1.54, 1.807) is 20.9 Å². The van der Waals surface area contributed by atoms with Gasteiger partial charge in [-0.25, -0.2) is 13.2 Å². The maximum Gasteiger partial charge on any atom is 0.337 e. The maximum absolute atomic E-state index is 11.9. The molecule has 0 fully saturated rings. The standard InChI is InChI=1S/C11H15NO4S/c1-7(2)17(15,16)8-4-5-10(12-3)9(6-8)11(13)14/h4-7,12H,1-3H3,(H,13,14). The van der Waals surface area contributed by atoms with Gasteiger partial charge in [-0.05, 0) is 32.0 Å². The van der Waals surface area contributed by atoms with Crippen LogP contribution in [-0.2, 0) is 9.84 Å². The Morgan fingerprint density at radius 1 is 1.35 bits per heavy atom. The lowest BCUT2D eigenvalue weighted by molar-refractivity contribution is 0.0697. The number of hydrogen-bond donors (Lipinski definition) is 2. The molecule has 0 bridgehead atoms. The summed E-state index contributed by atoms with van der Waals surface area (Å²) in [5.41, 5.74) is 0.342. The van der Waals surface area contributed by atoms with Crippen LogP contribution in [-0.4, -0.2) is 31.8 Å². The van der Waals surface area contributed by atoms with E-state index < -0.39 is 21.1 Å². The lowest BCUT2D eigenvalue weighted by Crippen LogP contribution is -2.15. The molecule has 94 valence electrons. The second kappa shape index (κ2) is 4.75. The number of carboxylic acids is 1. The van der Waals surface area contributed by atoms with Crippen molar-refractivity contribution in [3.8, 4) is 0 Å². The predicted octanol–water partition coefficient (Wildman–Crippen LogP) is 1.61. The summed E-state index contributed by atoms with van der Waals surface area (Å²) in [7, 11) is -1.87. The van der Waals surface area contributed by atoms with Gasteiger partial charge >= 0.3 is 5.97 Å². The highest BCUT2D eigenvalue weighted by Crippen LogP contribution is 2.22. The summed E-state index contributed by atoms with van der Waals surface area (Å²) < 4.78 is 23.8. The van der Waals surface area contributed by atoms with Crippen LogP contribution in [0, 0.1) is 0 Å². The van der Waals surface area contributed by atoms with Crippen molar-refractivity contribution in [3.63, 3.8) is 0 Å². The van der Waals surface area contributed by atoms with Crippen molar-refractivity contribution < 1.29 is 18.3 Å². The monoisotopic (exact) mass is 257 g/mol. The molecule has 0 saturated heterocycles. The van der Waals surface area contributed by atoms with Gasteiger partial charge in [0, 0.05) is 12.7 Å². The van der Waals surface area contributed by atoms with E-state index in [2.05, 4.69) is 5.32 Å². The SMILES string of the molecule is CNc1ccc(S(=O)(=O)C(C)C)cc1C(=O)O. The zero-order valence-electron chi connectivity index (χ0n) is 9.89. The maximum atomic E-state index is 11.9. The van der Waals surface area contributed by atoms with Gasteiger partial charge in [0.05, 0.1) is 15.7 Å². The minimum absolute atomic E-state index is 0.0314. The van der Waals surface area contributed by atoms with Gasteiger partial charge in [0.1, 0.15) is 0 Å². The van der Waals surface area contributed by atoms with Gasteiger partial charge in [-0.2, -0.15) is 0 Å². The normalized spacial score (nSPS) is 11.5. The fraction of sp³-hybridized carbons (Fsp3) is 0.364. The Balaban J connectivity index is 3.41. The highest BCUT2D eigenvalue weighted by molar-refractivity contribution is 7.92. The molecule has 1 rings (SSSR count). The number of rotatable bonds is 4. The molecule has 0 spiro atoms. The van der Waals surface area contributed by atoms with E-state index in [1.807, 2.05) is 0 Å². The van der Waals surface area contributed by atoms with Crippen molar-refractivity contribution in [2.75, 3.05) is 12.4 Å². The molecule has 1 aromatic rings. The van der Waals surface area contributed by atoms with Crippen LogP contribution in [0.1, 0.15) is 24.2 Å². The molecular weight excluding hydrogens is 242 g/mol. The molecule has 5 nitrogen and oxygen atoms in total. The largest absolute Gasteiger partial charge is 0.478 e. The number of aromatic carboxylic acids is 1. The molecule has 2 N–H and O–H groups in total. The summed E-state index contributed by atoms with van der Waals surface area (Å²) in [6.45, 7) is 3.11. The van der Waals surface area contributed by atoms with E-state index in [1.165, 1.54) is 18.2 Å². The van der Waals surface area contributed by atoms with E-state index in [9.17, 15) is 13.2 Å². The molecule has 0 aromatic heterocycles. The summed E-state index contributed by atoms with van der Waals surface area (Å²) >= 11 is 0. The molecule has 0 aliphatic carbocycles. The van der Waals surface area contributed by atoms with Crippen LogP contribution in [0.3, 0.4) is 0 Å². The van der Waals surface area contributed by atoms with E-state index in [0.29, 0.717) is 5.69 Å². The number of carbonyl (C=O) groups is 1. The fourth-order valence-electron chi connectivity index (χ4n) is 1.37. The quantitative estimate of drug-likeness (QED) is 0.856. The van der Waals surface area contributed by atoms with Crippen LogP contribution in [0.15, 0.2) is 23.1 Å². The Labute approximate surface area is 100 Å². The van der Waals surface area contributed by atoms with Crippen molar-refractivity contribution in [1.29, 1.82) is 0 Å². The molecule has 0 heterocycles. The zero-order valence-corrected chi connectivity index (χ0v) is 10.7. The van der Waals surface area contributed by atoms with Gasteiger partial charge in [0.15, 0.2) is 9.84 Å². The molecule has 0 aliphatic rings. The topological polar surface area (TPSA) is 83.5 Å². The van der Waals surface area contributed by atoms with Crippen molar-refractivity contribution in [1.82, 2.24) is 0 Å². The summed E-state index contributed by atoms with van der Waals surface area (Å²) in [5, 5.41) is 11.1. The number of anilines is 1. The average molecular weight is 257 g/mol. The Kier molecular flexibility index (Phi) is 3.77. The van der Waals surface area contributed by atoms with Crippen molar-refractivity contribution in [2.45, 2.75) is 24.0 Å². The number of carboxylic acid groups (broad SMARTS) is 1. The Hall–Kier alpha value is -1.56. The summed E-state index contributed by atoms with van der Waals surface area (Å²) in [6, 6.07) is 4.05. The lowest BCUT2D eigenvalue weighted by Gasteiger charge is -2.11. The Bertz CT molecular complexity index is 534. The third kappa shape index (κ3) is 2.58. The first kappa shape index (κ1) is 13.5. The Morgan fingerprint density at radius 2 is 1.94 bits per heavy atom. The van der Waals surface area contributed by atoms with Crippen molar-refractivity contribution in [2.24, 2.45) is 0 Å². The molecule has 17 heavy (non-hydrogen) atoms. The minimum Gasteiger partial charge on any atom is -0.478 e. The first-order chi connectivity index (χ1) is 7.80. The third-order valence-electron chi connectivity index (χ3n) is 2.44. The van der Waals surface area contributed by atoms with Crippen molar-refractivity contribution >= 4 is 21.5 Å². The summed E-state index contributed by atoms with van der Waals surface area (Å²) in [6.07, 6.45) is 0. The van der Waals surface area contributed by atoms with Gasteiger partial charge in [-0.15, -0.1) is 0 Å². The molecule has 0 atom stereocenters. The van der Waals surface area contributed by atoms with Gasteiger partial charge in [0.2, 0.25) is 0 Å². The van der Waals surface area contributed by atoms with Crippen molar-refractivity contribution in [3.05, 3.63) is 23.8 Å². The van der Waals surface area contributed by atoms with Crippen LogP contribution in [0.25, 0.3) is 0 Å². The molecule has 0 unspecified atom stereocenters. The van der Waals surface area contributed by atoms with E-state index >= 15 is 0 Å². The van der Waals surface area contributed by atoms with Crippen LogP contribution in [0.4, 0.5) is 5.69 Å². The second-order valence-electron chi connectivity index (χ2n) is 3.86. The first-order valence-corrected chi connectivity index (χ1v) is 6.64. The molecule has 0 aliphatic heterocycles.